The SMILES string of the molecule is CN1Cc2cc(-c3cnc(C4CCCN4C(=O)OC(C)(C)C)[nH]3)ccc2-c2ccc(-c3cnc(C4CCCN4C(=O)OC(C)(C)C)[nH]3)cc2C1. The fourth-order valence-corrected chi connectivity index (χ4v) is 7.43. The Bertz CT molecular complexity index is 1760. The molecule has 4 aromatic rings. The van der Waals surface area contributed by atoms with Gasteiger partial charge in [0.15, 0.2) is 0 Å². The molecule has 2 unspecified atom stereocenters. The molecule has 50 heavy (non-hydrogen) atoms. The minimum absolute atomic E-state index is 0.125. The molecule has 2 saturated heterocycles. The van der Waals surface area contributed by atoms with Crippen molar-refractivity contribution in [1.82, 2.24) is 34.6 Å². The second-order valence-corrected chi connectivity index (χ2v) is 15.9. The number of imidazole rings is 2. The lowest BCUT2D eigenvalue weighted by molar-refractivity contribution is 0.0208. The van der Waals surface area contributed by atoms with Crippen LogP contribution in [0, 0.1) is 0 Å². The van der Waals surface area contributed by atoms with Crippen molar-refractivity contribution in [3.63, 3.8) is 0 Å². The van der Waals surface area contributed by atoms with Crippen molar-refractivity contribution < 1.29 is 19.1 Å². The van der Waals surface area contributed by atoms with Gasteiger partial charge in [0.05, 0.1) is 35.9 Å². The van der Waals surface area contributed by atoms with E-state index in [9.17, 15) is 9.59 Å². The molecule has 2 atom stereocenters. The van der Waals surface area contributed by atoms with Gasteiger partial charge in [-0.05, 0) is 120 Å². The standard InChI is InChI=1S/C39H49N7O4/c1-38(2,3)49-36(47)45-16-8-10-32(45)34-40-20-30(42-34)24-12-14-28-26(18-24)22-44(7)23-27-19-25(13-15-29(27)28)31-21-41-35(43-31)33-11-9-17-46(33)37(48)50-39(4,5)6/h12-15,18-21,32-33H,8-11,16-17,22-23H2,1-7H3,(H,40,42)(H,41,43). The summed E-state index contributed by atoms with van der Waals surface area (Å²) in [7, 11) is 2.15. The summed E-state index contributed by atoms with van der Waals surface area (Å²) in [5.74, 6) is 1.58. The Morgan fingerprint density at radius 2 is 1.12 bits per heavy atom. The molecule has 7 rings (SSSR count). The number of hydrogen-bond acceptors (Lipinski definition) is 7. The first-order valence-corrected chi connectivity index (χ1v) is 17.8. The third-order valence-electron chi connectivity index (χ3n) is 9.59. The van der Waals surface area contributed by atoms with Crippen molar-refractivity contribution in [3.05, 3.63) is 71.6 Å². The number of carbonyl (C=O) groups is 2. The zero-order valence-corrected chi connectivity index (χ0v) is 30.3. The van der Waals surface area contributed by atoms with Gasteiger partial charge in [-0.25, -0.2) is 19.6 Å². The Kier molecular flexibility index (Phi) is 8.74. The number of hydrogen-bond donors (Lipinski definition) is 2. The number of H-pyrrole nitrogens is 2. The highest BCUT2D eigenvalue weighted by Gasteiger charge is 2.36. The number of fused-ring (bicyclic) bond motifs is 3. The molecule has 3 aliphatic heterocycles. The quantitative estimate of drug-likeness (QED) is 0.223. The molecular weight excluding hydrogens is 630 g/mol. The lowest BCUT2D eigenvalue weighted by atomic mass is 9.93. The monoisotopic (exact) mass is 679 g/mol. The first-order valence-electron chi connectivity index (χ1n) is 17.8. The van der Waals surface area contributed by atoms with Crippen molar-refractivity contribution in [2.75, 3.05) is 20.1 Å². The molecule has 2 fully saturated rings. The summed E-state index contributed by atoms with van der Waals surface area (Å²) in [5.41, 5.74) is 7.84. The van der Waals surface area contributed by atoms with Crippen molar-refractivity contribution in [2.24, 2.45) is 0 Å². The average molecular weight is 680 g/mol. The maximum atomic E-state index is 12.9. The highest BCUT2D eigenvalue weighted by molar-refractivity contribution is 5.78. The largest absolute Gasteiger partial charge is 0.444 e. The van der Waals surface area contributed by atoms with Crippen LogP contribution in [0.1, 0.15) is 102 Å². The molecule has 264 valence electrons. The van der Waals surface area contributed by atoms with Gasteiger partial charge in [0.2, 0.25) is 0 Å². The molecule has 0 saturated carbocycles. The van der Waals surface area contributed by atoms with Crippen molar-refractivity contribution in [3.8, 4) is 33.6 Å². The zero-order valence-electron chi connectivity index (χ0n) is 30.3. The minimum Gasteiger partial charge on any atom is -0.444 e. The van der Waals surface area contributed by atoms with Gasteiger partial charge in [-0.15, -0.1) is 0 Å². The molecule has 2 aromatic heterocycles. The zero-order chi connectivity index (χ0) is 35.4. The van der Waals surface area contributed by atoms with Crippen molar-refractivity contribution >= 4 is 12.2 Å². The van der Waals surface area contributed by atoms with Crippen molar-refractivity contribution in [2.45, 2.75) is 104 Å². The van der Waals surface area contributed by atoms with Crippen LogP contribution in [-0.2, 0) is 22.6 Å². The van der Waals surface area contributed by atoms with Crippen LogP contribution in [0.15, 0.2) is 48.8 Å². The van der Waals surface area contributed by atoms with Gasteiger partial charge in [-0.1, -0.05) is 24.3 Å². The number of ether oxygens (including phenoxy) is 2. The van der Waals surface area contributed by atoms with Crippen LogP contribution >= 0.6 is 0 Å². The lowest BCUT2D eigenvalue weighted by Crippen LogP contribution is -2.36. The normalized spacial score (nSPS) is 19.7. The summed E-state index contributed by atoms with van der Waals surface area (Å²) < 4.78 is 11.4. The van der Waals surface area contributed by atoms with Crippen molar-refractivity contribution in [1.29, 1.82) is 0 Å². The van der Waals surface area contributed by atoms with Crippen LogP contribution < -0.4 is 0 Å². The summed E-state index contributed by atoms with van der Waals surface area (Å²) >= 11 is 0. The maximum Gasteiger partial charge on any atom is 0.410 e. The highest BCUT2D eigenvalue weighted by Crippen LogP contribution is 2.39. The third kappa shape index (κ3) is 7.01. The molecule has 0 bridgehead atoms. The summed E-state index contributed by atoms with van der Waals surface area (Å²) in [6.07, 6.45) is 6.71. The summed E-state index contributed by atoms with van der Waals surface area (Å²) in [6, 6.07) is 13.0. The Morgan fingerprint density at radius 1 is 0.700 bits per heavy atom. The number of aromatic amines is 2. The van der Waals surface area contributed by atoms with Gasteiger partial charge in [0, 0.05) is 26.2 Å². The van der Waals surface area contributed by atoms with E-state index in [-0.39, 0.29) is 24.3 Å². The third-order valence-corrected chi connectivity index (χ3v) is 9.59. The Labute approximate surface area is 294 Å². The minimum atomic E-state index is -0.543. The van der Waals surface area contributed by atoms with Crippen LogP contribution in [0.5, 0.6) is 0 Å². The topological polar surface area (TPSA) is 120 Å². The molecule has 0 radical (unpaired) electrons. The maximum absolute atomic E-state index is 12.9. The Morgan fingerprint density at radius 3 is 1.52 bits per heavy atom. The van der Waals surface area contributed by atoms with Gasteiger partial charge >= 0.3 is 12.2 Å². The van der Waals surface area contributed by atoms with Gasteiger partial charge in [-0.3, -0.25) is 14.7 Å². The molecule has 11 nitrogen and oxygen atoms in total. The lowest BCUT2D eigenvalue weighted by Gasteiger charge is -2.27. The van der Waals surface area contributed by atoms with E-state index in [1.54, 1.807) is 9.80 Å². The second-order valence-electron chi connectivity index (χ2n) is 15.9. The molecule has 0 spiro atoms. The van der Waals surface area contributed by atoms with E-state index in [4.69, 9.17) is 19.4 Å². The van der Waals surface area contributed by atoms with Gasteiger partial charge in [0.1, 0.15) is 22.9 Å². The van der Waals surface area contributed by atoms with Crippen LogP contribution in [-0.4, -0.2) is 78.2 Å². The summed E-state index contributed by atoms with van der Waals surface area (Å²) in [5, 5.41) is 0. The Hall–Kier alpha value is -4.64. The number of nitrogens with zero attached hydrogens (tertiary/aromatic N) is 5. The van der Waals surface area contributed by atoms with E-state index in [1.807, 2.05) is 53.9 Å². The second kappa shape index (κ2) is 12.9. The smallest absolute Gasteiger partial charge is 0.410 e. The van der Waals surface area contributed by atoms with E-state index in [0.717, 1.165) is 72.9 Å². The number of nitrogens with one attached hydrogen (secondary N) is 2. The van der Waals surface area contributed by atoms with Crippen LogP contribution in [0.2, 0.25) is 0 Å². The van der Waals surface area contributed by atoms with Gasteiger partial charge in [-0.2, -0.15) is 0 Å². The molecule has 5 heterocycles. The average Bonchev–Trinajstić information content (AvgIpc) is 3.85. The molecule has 11 heteroatoms. The van der Waals surface area contributed by atoms with Crippen LogP contribution in [0.4, 0.5) is 9.59 Å². The predicted molar refractivity (Wildman–Crippen MR) is 192 cm³/mol. The molecule has 2 amide bonds. The fourth-order valence-electron chi connectivity index (χ4n) is 7.43. The molecule has 3 aliphatic rings. The predicted octanol–water partition coefficient (Wildman–Crippen LogP) is 8.22. The van der Waals surface area contributed by atoms with E-state index >= 15 is 0 Å². The number of carbonyl (C=O) groups excluding carboxylic acids is 2. The Balaban J connectivity index is 1.11. The number of benzene rings is 2. The van der Waals surface area contributed by atoms with Crippen LogP contribution in [0.3, 0.4) is 0 Å². The first kappa shape index (κ1) is 33.8. The van der Waals surface area contributed by atoms with E-state index < -0.39 is 11.2 Å². The van der Waals surface area contributed by atoms with E-state index in [2.05, 4.69) is 58.3 Å². The highest BCUT2D eigenvalue weighted by atomic mass is 16.6. The fraction of sp³-hybridized carbons (Fsp3) is 0.487. The first-order chi connectivity index (χ1) is 23.7. The number of likely N-dealkylation sites (tertiary alicyclic amines) is 2. The van der Waals surface area contributed by atoms with E-state index in [0.29, 0.717) is 13.1 Å². The molecule has 2 aromatic carbocycles. The van der Waals surface area contributed by atoms with E-state index in [1.165, 1.54) is 22.3 Å². The summed E-state index contributed by atoms with van der Waals surface area (Å²) in [6.45, 7) is 14.3. The summed E-state index contributed by atoms with van der Waals surface area (Å²) in [4.78, 5) is 48.3. The number of amides is 2. The molecule has 2 N–H and O–H groups in total. The number of aromatic nitrogens is 4. The number of rotatable bonds is 4. The van der Waals surface area contributed by atoms with Gasteiger partial charge in [0.25, 0.3) is 0 Å². The van der Waals surface area contributed by atoms with Crippen LogP contribution in [0.25, 0.3) is 33.6 Å². The molecular formula is C39H49N7O4. The molecule has 0 aliphatic carbocycles. The van der Waals surface area contributed by atoms with Gasteiger partial charge < -0.3 is 19.4 Å².